The molecular weight excluding hydrogens is 868 g/mol. The van der Waals surface area contributed by atoms with Crippen LogP contribution in [0.2, 0.25) is 0 Å². The zero-order valence-corrected chi connectivity index (χ0v) is 36.9. The number of anilines is 1. The SMILES string of the molecule is CC(=O)c1nn(CC(=O)N2C3C[C@]3(C)C[C@H]2C(=O)Nc2nc(Br)ccc2C)c2c(C)cc(-c3cnc(CNC(=O)COCCOCCNC(=O)COCCOCCN)nc3)cc12. The Kier molecular flexibility index (Phi) is 15.8. The maximum Gasteiger partial charge on any atom is 0.248 e. The van der Waals surface area contributed by atoms with Gasteiger partial charge in [0.1, 0.15) is 47.7 Å². The number of carbonyl (C=O) groups excluding carboxylic acids is 5. The van der Waals surface area contributed by atoms with Crippen LogP contribution in [-0.2, 0) is 51.2 Å². The molecule has 3 aromatic heterocycles. The number of Topliss-reactive ketones (excluding diaryl/α,β-unsaturated/α-hetero) is 1. The van der Waals surface area contributed by atoms with Crippen LogP contribution in [0.15, 0.2) is 41.3 Å². The summed E-state index contributed by atoms with van der Waals surface area (Å²) in [5.41, 5.74) is 9.06. The Hall–Kier alpha value is -5.25. The summed E-state index contributed by atoms with van der Waals surface area (Å²) < 4.78 is 23.3. The maximum atomic E-state index is 14.1. The first-order valence-corrected chi connectivity index (χ1v) is 21.2. The lowest BCUT2D eigenvalue weighted by Gasteiger charge is -2.27. The fourth-order valence-electron chi connectivity index (χ4n) is 7.46. The van der Waals surface area contributed by atoms with E-state index in [1.165, 1.54) is 6.92 Å². The fourth-order valence-corrected chi connectivity index (χ4v) is 7.77. The van der Waals surface area contributed by atoms with Crippen molar-refractivity contribution in [1.82, 2.24) is 40.3 Å². The number of aromatic nitrogens is 5. The van der Waals surface area contributed by atoms with Crippen molar-refractivity contribution in [3.63, 3.8) is 0 Å². The van der Waals surface area contributed by atoms with E-state index in [1.807, 2.05) is 32.0 Å². The second-order valence-electron chi connectivity index (χ2n) is 15.6. The standard InChI is InChI=1S/C42H53BrN10O9/c1-25-5-6-33(43)49-40(25)50-41(58)31-17-42(4)18-32(42)53(31)37(57)22-52-39-26(2)15-28(16-30(39)38(51-52)27(3)54)29-19-46-34(47-20-29)21-48-36(56)24-62-14-12-60-10-8-45-35(55)23-61-13-11-59-9-7-44/h5-6,15-16,19-20,31-32H,7-14,17-18,21-24,44H2,1-4H3,(H,45,55)(H,48,56)(H,49,50,58)/t31-,32?,42-/m0/s1. The van der Waals surface area contributed by atoms with Crippen LogP contribution in [0.25, 0.3) is 22.0 Å². The maximum absolute atomic E-state index is 14.1. The van der Waals surface area contributed by atoms with E-state index in [0.29, 0.717) is 72.0 Å². The number of carbonyl (C=O) groups is 5. The van der Waals surface area contributed by atoms with Gasteiger partial charge in [-0.05, 0) is 82.9 Å². The highest BCUT2D eigenvalue weighted by Crippen LogP contribution is 2.59. The summed E-state index contributed by atoms with van der Waals surface area (Å²) in [5, 5.41) is 13.5. The minimum Gasteiger partial charge on any atom is -0.378 e. The van der Waals surface area contributed by atoms with Gasteiger partial charge in [0.15, 0.2) is 5.78 Å². The third-order valence-electron chi connectivity index (χ3n) is 10.7. The molecule has 4 heterocycles. The van der Waals surface area contributed by atoms with E-state index in [2.05, 4.69) is 58.9 Å². The normalized spacial score (nSPS) is 17.8. The van der Waals surface area contributed by atoms with Crippen LogP contribution in [0.3, 0.4) is 0 Å². The lowest BCUT2D eigenvalue weighted by molar-refractivity contribution is -0.138. The quantitative estimate of drug-likeness (QED) is 0.0474. The van der Waals surface area contributed by atoms with E-state index < -0.39 is 6.04 Å². The molecule has 1 aliphatic carbocycles. The smallest absolute Gasteiger partial charge is 0.248 e. The topological polar surface area (TPSA) is 244 Å². The summed E-state index contributed by atoms with van der Waals surface area (Å²) in [6, 6.07) is 6.67. The number of fused-ring (bicyclic) bond motifs is 2. The highest BCUT2D eigenvalue weighted by molar-refractivity contribution is 9.10. The van der Waals surface area contributed by atoms with Gasteiger partial charge in [-0.15, -0.1) is 0 Å². The highest BCUT2D eigenvalue weighted by atomic mass is 79.9. The number of nitrogens with two attached hydrogens (primary N) is 1. The van der Waals surface area contributed by atoms with Gasteiger partial charge in [0, 0.05) is 49.4 Å². The van der Waals surface area contributed by atoms with Crippen LogP contribution in [0.1, 0.15) is 54.1 Å². The largest absolute Gasteiger partial charge is 0.378 e. The van der Waals surface area contributed by atoms with E-state index in [0.717, 1.165) is 23.1 Å². The number of pyridine rings is 1. The van der Waals surface area contributed by atoms with Crippen molar-refractivity contribution in [2.24, 2.45) is 11.1 Å². The number of nitrogens with one attached hydrogen (secondary N) is 3. The lowest BCUT2D eigenvalue weighted by atomic mass is 10.0. The summed E-state index contributed by atoms with van der Waals surface area (Å²) in [6.07, 6.45) is 4.62. The Bertz CT molecular complexity index is 2270. The van der Waals surface area contributed by atoms with Gasteiger partial charge in [-0.1, -0.05) is 13.0 Å². The predicted octanol–water partition coefficient (Wildman–Crippen LogP) is 2.25. The molecule has 0 bridgehead atoms. The van der Waals surface area contributed by atoms with Gasteiger partial charge in [-0.3, -0.25) is 28.7 Å². The van der Waals surface area contributed by atoms with Crippen molar-refractivity contribution in [1.29, 1.82) is 0 Å². The van der Waals surface area contributed by atoms with Gasteiger partial charge < -0.3 is 45.5 Å². The summed E-state index contributed by atoms with van der Waals surface area (Å²) in [7, 11) is 0. The number of hydrogen-bond donors (Lipinski definition) is 4. The number of nitrogens with zero attached hydrogens (tertiary/aromatic N) is 6. The number of likely N-dealkylation sites (tertiary alicyclic amines) is 1. The number of hydrogen-bond acceptors (Lipinski definition) is 14. The van der Waals surface area contributed by atoms with Gasteiger partial charge in [-0.25, -0.2) is 15.0 Å². The third kappa shape index (κ3) is 11.8. The Labute approximate surface area is 367 Å². The van der Waals surface area contributed by atoms with Crippen molar-refractivity contribution in [3.8, 4) is 11.1 Å². The second kappa shape index (κ2) is 21.2. The summed E-state index contributed by atoms with van der Waals surface area (Å²) >= 11 is 3.36. The third-order valence-corrected chi connectivity index (χ3v) is 11.1. The number of aryl methyl sites for hydroxylation is 2. The molecule has 2 aliphatic rings. The summed E-state index contributed by atoms with van der Waals surface area (Å²) in [6.45, 7) is 9.51. The first kappa shape index (κ1) is 46.3. The molecule has 0 spiro atoms. The van der Waals surface area contributed by atoms with Gasteiger partial charge in [-0.2, -0.15) is 5.10 Å². The zero-order chi connectivity index (χ0) is 44.4. The molecular formula is C42H53BrN10O9. The molecule has 5 N–H and O–H groups in total. The van der Waals surface area contributed by atoms with Gasteiger partial charge in [0.25, 0.3) is 0 Å². The van der Waals surface area contributed by atoms with E-state index in [1.54, 1.807) is 28.0 Å². The molecule has 6 rings (SSSR count). The summed E-state index contributed by atoms with van der Waals surface area (Å²) in [5.74, 6) is -0.598. The molecule has 0 radical (unpaired) electrons. The van der Waals surface area contributed by atoms with E-state index in [4.69, 9.17) is 24.7 Å². The molecule has 1 aromatic carbocycles. The van der Waals surface area contributed by atoms with Crippen LogP contribution in [0.5, 0.6) is 0 Å². The lowest BCUT2D eigenvalue weighted by Crippen LogP contribution is -2.47. The second-order valence-corrected chi connectivity index (χ2v) is 16.4. The number of halogens is 1. The Morgan fingerprint density at radius 1 is 0.871 bits per heavy atom. The Morgan fingerprint density at radius 2 is 1.55 bits per heavy atom. The minimum atomic E-state index is -0.673. The molecule has 3 atom stereocenters. The van der Waals surface area contributed by atoms with E-state index in [-0.39, 0.29) is 92.7 Å². The molecule has 1 saturated carbocycles. The van der Waals surface area contributed by atoms with E-state index in [9.17, 15) is 24.0 Å². The molecule has 332 valence electrons. The Balaban J connectivity index is 0.981. The molecule has 2 fully saturated rings. The molecule has 4 amide bonds. The molecule has 1 saturated heterocycles. The van der Waals surface area contributed by atoms with Crippen molar-refractivity contribution in [2.75, 3.05) is 71.3 Å². The summed E-state index contributed by atoms with van der Waals surface area (Å²) in [4.78, 5) is 79.7. The first-order valence-electron chi connectivity index (χ1n) is 20.4. The molecule has 19 nitrogen and oxygen atoms in total. The highest BCUT2D eigenvalue weighted by Gasteiger charge is 2.64. The zero-order valence-electron chi connectivity index (χ0n) is 35.3. The number of ether oxygens (including phenoxy) is 4. The van der Waals surface area contributed by atoms with Crippen LogP contribution in [-0.4, -0.2) is 137 Å². The number of benzene rings is 1. The van der Waals surface area contributed by atoms with Crippen LogP contribution < -0.4 is 21.7 Å². The fraction of sp³-hybridized carbons (Fsp3) is 0.500. The molecule has 1 aliphatic heterocycles. The average molecular weight is 922 g/mol. The monoisotopic (exact) mass is 920 g/mol. The Morgan fingerprint density at radius 3 is 2.24 bits per heavy atom. The average Bonchev–Trinajstić information content (AvgIpc) is 3.59. The van der Waals surface area contributed by atoms with Gasteiger partial charge in [0.05, 0.1) is 51.7 Å². The molecule has 62 heavy (non-hydrogen) atoms. The molecule has 20 heteroatoms. The van der Waals surface area contributed by atoms with Crippen molar-refractivity contribution < 1.29 is 42.9 Å². The van der Waals surface area contributed by atoms with Crippen LogP contribution in [0, 0.1) is 19.3 Å². The van der Waals surface area contributed by atoms with Crippen molar-refractivity contribution in [3.05, 3.63) is 63.9 Å². The van der Waals surface area contributed by atoms with E-state index >= 15 is 0 Å². The van der Waals surface area contributed by atoms with Crippen LogP contribution >= 0.6 is 15.9 Å². The number of rotatable bonds is 23. The number of ketones is 1. The minimum absolute atomic E-state index is 0.0657. The number of amides is 4. The molecule has 4 aromatic rings. The van der Waals surface area contributed by atoms with Crippen molar-refractivity contribution in [2.45, 2.75) is 65.7 Å². The van der Waals surface area contributed by atoms with Crippen molar-refractivity contribution >= 4 is 62.1 Å². The first-order chi connectivity index (χ1) is 29.8. The van der Waals surface area contributed by atoms with Crippen LogP contribution in [0.4, 0.5) is 5.82 Å². The number of piperidine rings is 1. The van der Waals surface area contributed by atoms with Gasteiger partial charge in [0.2, 0.25) is 23.6 Å². The predicted molar refractivity (Wildman–Crippen MR) is 230 cm³/mol. The molecule has 1 unspecified atom stereocenters. The van der Waals surface area contributed by atoms with Gasteiger partial charge >= 0.3 is 0 Å².